The van der Waals surface area contributed by atoms with Crippen molar-refractivity contribution in [3.63, 3.8) is 0 Å². The SMILES string of the molecule is Cn1c(Nc2cccc3nonc23)nc2ccccc21. The highest BCUT2D eigenvalue weighted by atomic mass is 16.6. The van der Waals surface area contributed by atoms with E-state index in [2.05, 4.69) is 20.6 Å². The fraction of sp³-hybridized carbons (Fsp3) is 0.0714. The van der Waals surface area contributed by atoms with Gasteiger partial charge in [-0.25, -0.2) is 9.61 Å². The second-order valence-electron chi connectivity index (χ2n) is 4.55. The third kappa shape index (κ3) is 1.55. The van der Waals surface area contributed by atoms with Gasteiger partial charge in [0.15, 0.2) is 5.52 Å². The summed E-state index contributed by atoms with van der Waals surface area (Å²) >= 11 is 0. The molecule has 0 aliphatic heterocycles. The molecule has 0 saturated carbocycles. The van der Waals surface area contributed by atoms with Crippen molar-refractivity contribution in [1.82, 2.24) is 19.9 Å². The zero-order valence-electron chi connectivity index (χ0n) is 10.7. The van der Waals surface area contributed by atoms with Crippen LogP contribution in [0, 0.1) is 0 Å². The molecule has 0 aliphatic rings. The van der Waals surface area contributed by atoms with Crippen LogP contribution in [0.2, 0.25) is 0 Å². The van der Waals surface area contributed by atoms with Crippen molar-refractivity contribution in [3.8, 4) is 0 Å². The van der Waals surface area contributed by atoms with Crippen molar-refractivity contribution in [3.05, 3.63) is 42.5 Å². The summed E-state index contributed by atoms with van der Waals surface area (Å²) in [4.78, 5) is 4.57. The first-order valence-electron chi connectivity index (χ1n) is 6.23. The van der Waals surface area contributed by atoms with Crippen LogP contribution in [-0.2, 0) is 7.05 Å². The summed E-state index contributed by atoms with van der Waals surface area (Å²) in [6, 6.07) is 13.7. The molecular weight excluding hydrogens is 254 g/mol. The van der Waals surface area contributed by atoms with E-state index in [1.54, 1.807) is 0 Å². The Morgan fingerprint density at radius 2 is 1.85 bits per heavy atom. The van der Waals surface area contributed by atoms with Gasteiger partial charge in [-0.1, -0.05) is 18.2 Å². The van der Waals surface area contributed by atoms with Gasteiger partial charge >= 0.3 is 0 Å². The van der Waals surface area contributed by atoms with Crippen molar-refractivity contribution in [2.45, 2.75) is 0 Å². The average molecular weight is 265 g/mol. The van der Waals surface area contributed by atoms with Crippen LogP contribution in [0.3, 0.4) is 0 Å². The van der Waals surface area contributed by atoms with E-state index in [-0.39, 0.29) is 0 Å². The number of nitrogens with one attached hydrogen (secondary N) is 1. The molecule has 6 heteroatoms. The second-order valence-corrected chi connectivity index (χ2v) is 4.55. The van der Waals surface area contributed by atoms with Gasteiger partial charge < -0.3 is 9.88 Å². The second kappa shape index (κ2) is 4.06. The van der Waals surface area contributed by atoms with Crippen molar-refractivity contribution >= 4 is 33.7 Å². The number of hydrogen-bond acceptors (Lipinski definition) is 5. The molecule has 1 N–H and O–H groups in total. The molecule has 0 spiro atoms. The molecule has 2 heterocycles. The number of aromatic nitrogens is 4. The Labute approximate surface area is 114 Å². The first kappa shape index (κ1) is 11.0. The third-order valence-corrected chi connectivity index (χ3v) is 3.32. The Hall–Kier alpha value is -2.89. The van der Waals surface area contributed by atoms with Crippen molar-refractivity contribution in [1.29, 1.82) is 0 Å². The molecule has 0 fully saturated rings. The maximum absolute atomic E-state index is 4.77. The number of fused-ring (bicyclic) bond motifs is 2. The molecule has 4 aromatic rings. The molecule has 98 valence electrons. The van der Waals surface area contributed by atoms with E-state index in [1.807, 2.05) is 54.1 Å². The van der Waals surface area contributed by atoms with E-state index < -0.39 is 0 Å². The first-order valence-corrected chi connectivity index (χ1v) is 6.23. The maximum atomic E-state index is 4.77. The summed E-state index contributed by atoms with van der Waals surface area (Å²) in [6.07, 6.45) is 0. The minimum absolute atomic E-state index is 0.694. The van der Waals surface area contributed by atoms with Crippen LogP contribution in [-0.4, -0.2) is 19.9 Å². The summed E-state index contributed by atoms with van der Waals surface area (Å²) in [5.74, 6) is 0.752. The van der Waals surface area contributed by atoms with Crippen LogP contribution in [0.4, 0.5) is 11.6 Å². The Kier molecular flexibility index (Phi) is 2.23. The minimum atomic E-state index is 0.694. The summed E-state index contributed by atoms with van der Waals surface area (Å²) in [7, 11) is 1.97. The molecule has 0 bridgehead atoms. The Balaban J connectivity index is 1.84. The normalized spacial score (nSPS) is 11.2. The van der Waals surface area contributed by atoms with Crippen molar-refractivity contribution in [2.75, 3.05) is 5.32 Å². The number of imidazole rings is 1. The van der Waals surface area contributed by atoms with Crippen LogP contribution in [0.15, 0.2) is 47.1 Å². The lowest BCUT2D eigenvalue weighted by atomic mass is 10.2. The lowest BCUT2D eigenvalue weighted by molar-refractivity contribution is 0.315. The molecule has 0 radical (unpaired) electrons. The molecule has 0 unspecified atom stereocenters. The standard InChI is InChI=1S/C14H11N5O/c1-19-12-8-3-2-5-9(12)15-14(19)16-10-6-4-7-11-13(10)18-20-17-11/h2-8H,1H3,(H,15,16). The number of aryl methyl sites for hydroxylation is 1. The Morgan fingerprint density at radius 3 is 2.75 bits per heavy atom. The fourth-order valence-corrected chi connectivity index (χ4v) is 2.28. The zero-order valence-corrected chi connectivity index (χ0v) is 10.7. The summed E-state index contributed by atoms with van der Waals surface area (Å²) in [6.45, 7) is 0. The van der Waals surface area contributed by atoms with E-state index >= 15 is 0 Å². The van der Waals surface area contributed by atoms with Crippen LogP contribution >= 0.6 is 0 Å². The van der Waals surface area contributed by atoms with E-state index in [0.717, 1.165) is 22.7 Å². The number of anilines is 2. The molecule has 0 aliphatic carbocycles. The van der Waals surface area contributed by atoms with Gasteiger partial charge in [-0.15, -0.1) is 0 Å². The van der Waals surface area contributed by atoms with Gasteiger partial charge in [0.25, 0.3) is 0 Å². The molecule has 0 atom stereocenters. The number of nitrogens with zero attached hydrogens (tertiary/aromatic N) is 4. The molecule has 6 nitrogen and oxygen atoms in total. The van der Waals surface area contributed by atoms with Gasteiger partial charge in [-0.3, -0.25) is 0 Å². The summed E-state index contributed by atoms with van der Waals surface area (Å²) in [5.41, 5.74) is 4.25. The number of hydrogen-bond donors (Lipinski definition) is 1. The van der Waals surface area contributed by atoms with Crippen LogP contribution in [0.25, 0.3) is 22.1 Å². The van der Waals surface area contributed by atoms with E-state index in [4.69, 9.17) is 4.63 Å². The largest absolute Gasteiger partial charge is 0.324 e. The topological polar surface area (TPSA) is 68.8 Å². The smallest absolute Gasteiger partial charge is 0.208 e. The van der Waals surface area contributed by atoms with E-state index in [1.165, 1.54) is 0 Å². The van der Waals surface area contributed by atoms with Crippen molar-refractivity contribution < 1.29 is 4.63 Å². The molecule has 2 aromatic heterocycles. The molecule has 0 saturated heterocycles. The van der Waals surface area contributed by atoms with Crippen molar-refractivity contribution in [2.24, 2.45) is 7.05 Å². The Morgan fingerprint density at radius 1 is 1.00 bits per heavy atom. The summed E-state index contributed by atoms with van der Waals surface area (Å²) in [5, 5.41) is 11.0. The van der Waals surface area contributed by atoms with Gasteiger partial charge in [0, 0.05) is 7.05 Å². The average Bonchev–Trinajstić information content (AvgIpc) is 3.06. The predicted molar refractivity (Wildman–Crippen MR) is 75.8 cm³/mol. The fourth-order valence-electron chi connectivity index (χ4n) is 2.28. The van der Waals surface area contributed by atoms with Gasteiger partial charge in [-0.05, 0) is 34.6 Å². The van der Waals surface area contributed by atoms with Gasteiger partial charge in [0.05, 0.1) is 16.7 Å². The number of para-hydroxylation sites is 2. The highest BCUT2D eigenvalue weighted by molar-refractivity contribution is 5.89. The van der Waals surface area contributed by atoms with Gasteiger partial charge in [0.2, 0.25) is 5.95 Å². The van der Waals surface area contributed by atoms with Gasteiger partial charge in [-0.2, -0.15) is 0 Å². The molecule has 0 amide bonds. The van der Waals surface area contributed by atoms with Crippen LogP contribution in [0.5, 0.6) is 0 Å². The molecular formula is C14H11N5O. The van der Waals surface area contributed by atoms with Crippen LogP contribution in [0.1, 0.15) is 0 Å². The maximum Gasteiger partial charge on any atom is 0.208 e. The van der Waals surface area contributed by atoms with Crippen LogP contribution < -0.4 is 5.32 Å². The number of benzene rings is 2. The molecule has 4 rings (SSSR count). The van der Waals surface area contributed by atoms with Gasteiger partial charge in [0.1, 0.15) is 5.52 Å². The monoisotopic (exact) mass is 265 g/mol. The lowest BCUT2D eigenvalue weighted by Crippen LogP contribution is -1.99. The highest BCUT2D eigenvalue weighted by Crippen LogP contribution is 2.25. The van der Waals surface area contributed by atoms with E-state index in [9.17, 15) is 0 Å². The molecule has 20 heavy (non-hydrogen) atoms. The minimum Gasteiger partial charge on any atom is -0.324 e. The number of rotatable bonds is 2. The predicted octanol–water partition coefficient (Wildman–Crippen LogP) is 2.85. The molecule has 2 aromatic carbocycles. The lowest BCUT2D eigenvalue weighted by Gasteiger charge is -2.05. The zero-order chi connectivity index (χ0) is 13.5. The summed E-state index contributed by atoms with van der Waals surface area (Å²) < 4.78 is 6.77. The quantitative estimate of drug-likeness (QED) is 0.603. The highest BCUT2D eigenvalue weighted by Gasteiger charge is 2.11. The Bertz CT molecular complexity index is 908. The first-order chi connectivity index (χ1) is 9.83. The third-order valence-electron chi connectivity index (χ3n) is 3.32. The van der Waals surface area contributed by atoms with E-state index in [0.29, 0.717) is 11.0 Å².